The maximum Gasteiger partial charge on any atom is 0.325 e. The highest BCUT2D eigenvalue weighted by molar-refractivity contribution is 7.51. The molecule has 0 aromatic heterocycles. The van der Waals surface area contributed by atoms with E-state index in [0.29, 0.717) is 0 Å². The first-order valence-electron chi connectivity index (χ1n) is 2.86. The molecule has 6 heteroatoms. The molecule has 0 aliphatic heterocycles. The minimum atomic E-state index is -3.92. The number of nitrogens with two attached hydrogens (primary N) is 1. The molecule has 0 heterocycles. The van der Waals surface area contributed by atoms with E-state index in [4.69, 9.17) is 20.6 Å². The Morgan fingerprint density at radius 2 is 2.00 bits per heavy atom. The second kappa shape index (κ2) is 4.05. The van der Waals surface area contributed by atoms with Crippen LogP contribution in [0.3, 0.4) is 0 Å². The Morgan fingerprint density at radius 3 is 2.30 bits per heavy atom. The zero-order valence-electron chi connectivity index (χ0n) is 5.47. The molecule has 0 fully saturated rings. The molecule has 1 atom stereocenters. The summed E-state index contributed by atoms with van der Waals surface area (Å²) in [6, 6.07) is -0.521. The summed E-state index contributed by atoms with van der Waals surface area (Å²) in [4.78, 5) is 16.7. The summed E-state index contributed by atoms with van der Waals surface area (Å²) in [5.41, 5.74) is 5.19. The lowest BCUT2D eigenvalue weighted by atomic mass is 10.3. The highest BCUT2D eigenvalue weighted by Gasteiger charge is 2.14. The topological polar surface area (TPSA) is 104 Å². The molecule has 10 heavy (non-hydrogen) atoms. The average Bonchev–Trinajstić information content (AvgIpc) is 1.81. The van der Waals surface area contributed by atoms with E-state index in [1.165, 1.54) is 0 Å². The van der Waals surface area contributed by atoms with Crippen molar-refractivity contribution in [3.63, 3.8) is 0 Å². The molecular weight excluding hydrogens is 157 g/mol. The largest absolute Gasteiger partial charge is 0.395 e. The molecule has 0 rings (SSSR count). The lowest BCUT2D eigenvalue weighted by Gasteiger charge is -2.07. The van der Waals surface area contributed by atoms with Crippen LogP contribution in [0.1, 0.15) is 6.42 Å². The summed E-state index contributed by atoms with van der Waals surface area (Å²) >= 11 is 0. The van der Waals surface area contributed by atoms with Gasteiger partial charge in [0.05, 0.1) is 12.8 Å². The maximum atomic E-state index is 10.2. The van der Waals surface area contributed by atoms with E-state index in [9.17, 15) is 4.57 Å². The van der Waals surface area contributed by atoms with Gasteiger partial charge in [0.2, 0.25) is 0 Å². The Bertz CT molecular complexity index is 133. The lowest BCUT2D eigenvalue weighted by molar-refractivity contribution is 0.261. The second-order valence-electron chi connectivity index (χ2n) is 2.12. The number of rotatable bonds is 4. The van der Waals surface area contributed by atoms with Crippen LogP contribution in [0.5, 0.6) is 0 Å². The van der Waals surface area contributed by atoms with Gasteiger partial charge in [-0.1, -0.05) is 0 Å². The van der Waals surface area contributed by atoms with Crippen molar-refractivity contribution in [3.8, 4) is 0 Å². The predicted molar refractivity (Wildman–Crippen MR) is 36.6 cm³/mol. The molecule has 0 spiro atoms. The molecular formula is C4H12NO4P. The first-order valence-corrected chi connectivity index (χ1v) is 4.66. The summed E-state index contributed by atoms with van der Waals surface area (Å²) < 4.78 is 10.2. The highest BCUT2D eigenvalue weighted by Crippen LogP contribution is 2.34. The van der Waals surface area contributed by atoms with Crippen LogP contribution in [-0.2, 0) is 4.57 Å². The van der Waals surface area contributed by atoms with Crippen molar-refractivity contribution in [1.29, 1.82) is 0 Å². The number of hydrogen-bond acceptors (Lipinski definition) is 3. The monoisotopic (exact) mass is 169 g/mol. The van der Waals surface area contributed by atoms with Gasteiger partial charge in [0.25, 0.3) is 0 Å². The fourth-order valence-corrected chi connectivity index (χ4v) is 1.09. The van der Waals surface area contributed by atoms with Crippen LogP contribution in [0.25, 0.3) is 0 Å². The van der Waals surface area contributed by atoms with Gasteiger partial charge in [-0.2, -0.15) is 0 Å². The maximum absolute atomic E-state index is 10.2. The average molecular weight is 169 g/mol. The van der Waals surface area contributed by atoms with Crippen LogP contribution in [0, 0.1) is 0 Å². The molecule has 5 nitrogen and oxygen atoms in total. The second-order valence-corrected chi connectivity index (χ2v) is 3.90. The van der Waals surface area contributed by atoms with Gasteiger partial charge in [-0.25, -0.2) is 0 Å². The normalized spacial score (nSPS) is 15.2. The third-order valence-electron chi connectivity index (χ3n) is 1.03. The van der Waals surface area contributed by atoms with Crippen molar-refractivity contribution in [2.75, 3.05) is 12.8 Å². The van der Waals surface area contributed by atoms with Gasteiger partial charge < -0.3 is 20.6 Å². The minimum Gasteiger partial charge on any atom is -0.395 e. The van der Waals surface area contributed by atoms with E-state index in [1.54, 1.807) is 0 Å². The van der Waals surface area contributed by atoms with Gasteiger partial charge >= 0.3 is 7.60 Å². The molecule has 0 aliphatic carbocycles. The summed E-state index contributed by atoms with van der Waals surface area (Å²) in [6.07, 6.45) is -0.102. The highest BCUT2D eigenvalue weighted by atomic mass is 31.2. The Hall–Kier alpha value is 0.0700. The van der Waals surface area contributed by atoms with Crippen molar-refractivity contribution in [3.05, 3.63) is 0 Å². The number of aliphatic hydroxyl groups excluding tert-OH is 1. The SMILES string of the molecule is N[C@H](CO)CCP(=O)(O)O. The molecule has 0 saturated carbocycles. The van der Waals surface area contributed by atoms with E-state index < -0.39 is 13.6 Å². The molecule has 5 N–H and O–H groups in total. The number of aliphatic hydroxyl groups is 1. The zero-order valence-corrected chi connectivity index (χ0v) is 6.37. The molecule has 0 bridgehead atoms. The third kappa shape index (κ3) is 6.19. The fourth-order valence-electron chi connectivity index (χ4n) is 0.425. The van der Waals surface area contributed by atoms with Gasteiger partial charge in [-0.15, -0.1) is 0 Å². The molecule has 62 valence electrons. The van der Waals surface area contributed by atoms with Crippen LogP contribution < -0.4 is 5.73 Å². The van der Waals surface area contributed by atoms with Gasteiger partial charge in [-0.05, 0) is 6.42 Å². The Labute approximate surface area is 59.0 Å². The first-order chi connectivity index (χ1) is 4.45. The van der Waals surface area contributed by atoms with E-state index in [-0.39, 0.29) is 19.2 Å². The summed E-state index contributed by atoms with van der Waals surface area (Å²) in [5.74, 6) is 0. The quantitative estimate of drug-likeness (QED) is 0.399. The standard InChI is InChI=1S/C4H12NO4P/c5-4(3-6)1-2-10(7,8)9/h4,6H,1-3,5H2,(H2,7,8,9)/t4-/m0/s1. The molecule has 0 unspecified atom stereocenters. The molecule has 0 aromatic rings. The third-order valence-corrected chi connectivity index (χ3v) is 1.87. The van der Waals surface area contributed by atoms with E-state index in [2.05, 4.69) is 0 Å². The van der Waals surface area contributed by atoms with Crippen molar-refractivity contribution >= 4 is 7.60 Å². The van der Waals surface area contributed by atoms with Crippen molar-refractivity contribution in [1.82, 2.24) is 0 Å². The summed E-state index contributed by atoms with van der Waals surface area (Å²) in [5, 5.41) is 8.35. The van der Waals surface area contributed by atoms with Gasteiger partial charge in [-0.3, -0.25) is 4.57 Å². The van der Waals surface area contributed by atoms with Gasteiger partial charge in [0, 0.05) is 6.04 Å². The smallest absolute Gasteiger partial charge is 0.325 e. The van der Waals surface area contributed by atoms with Crippen molar-refractivity contribution < 1.29 is 19.5 Å². The van der Waals surface area contributed by atoms with Crippen molar-refractivity contribution in [2.24, 2.45) is 5.73 Å². The van der Waals surface area contributed by atoms with E-state index in [0.717, 1.165) is 0 Å². The van der Waals surface area contributed by atoms with Gasteiger partial charge in [0.15, 0.2) is 0 Å². The van der Waals surface area contributed by atoms with Gasteiger partial charge in [0.1, 0.15) is 0 Å². The zero-order chi connectivity index (χ0) is 8.20. The van der Waals surface area contributed by atoms with Crippen LogP contribution in [0.2, 0.25) is 0 Å². The summed E-state index contributed by atoms with van der Waals surface area (Å²) in [7, 11) is -3.92. The van der Waals surface area contributed by atoms with Crippen molar-refractivity contribution in [2.45, 2.75) is 12.5 Å². The van der Waals surface area contributed by atoms with Crippen LogP contribution in [-0.4, -0.2) is 33.7 Å². The Balaban J connectivity index is 3.46. The Kier molecular flexibility index (Phi) is 4.08. The lowest BCUT2D eigenvalue weighted by Crippen LogP contribution is -2.25. The van der Waals surface area contributed by atoms with E-state index in [1.807, 2.05) is 0 Å². The van der Waals surface area contributed by atoms with E-state index >= 15 is 0 Å². The first kappa shape index (κ1) is 10.1. The molecule has 0 aromatic carbocycles. The molecule has 0 saturated heterocycles. The van der Waals surface area contributed by atoms with Crippen LogP contribution >= 0.6 is 7.60 Å². The van der Waals surface area contributed by atoms with Crippen LogP contribution in [0.4, 0.5) is 0 Å². The molecule has 0 radical (unpaired) electrons. The van der Waals surface area contributed by atoms with Crippen LogP contribution in [0.15, 0.2) is 0 Å². The Morgan fingerprint density at radius 1 is 1.50 bits per heavy atom. The molecule has 0 aliphatic rings. The molecule has 0 amide bonds. The minimum absolute atomic E-state index is 0.154. The summed E-state index contributed by atoms with van der Waals surface area (Å²) in [6.45, 7) is -0.236. The fraction of sp³-hybridized carbons (Fsp3) is 1.00. The number of hydrogen-bond donors (Lipinski definition) is 4. The predicted octanol–water partition coefficient (Wildman–Crippen LogP) is -1.13.